The van der Waals surface area contributed by atoms with Crippen molar-refractivity contribution in [3.63, 3.8) is 0 Å². The van der Waals surface area contributed by atoms with E-state index in [0.29, 0.717) is 16.6 Å². The summed E-state index contributed by atoms with van der Waals surface area (Å²) in [6, 6.07) is 7.56. The number of aromatic nitrogens is 2. The molecule has 0 amide bonds. The molecule has 0 spiro atoms. The summed E-state index contributed by atoms with van der Waals surface area (Å²) < 4.78 is 5.28. The molecule has 0 fully saturated rings. The third-order valence-electron chi connectivity index (χ3n) is 1.90. The number of halogens is 2. The van der Waals surface area contributed by atoms with Crippen molar-refractivity contribution in [3.05, 3.63) is 35.2 Å². The van der Waals surface area contributed by atoms with Gasteiger partial charge in [-0.3, -0.25) is 0 Å². The van der Waals surface area contributed by atoms with Gasteiger partial charge in [0, 0.05) is 0 Å². The summed E-state index contributed by atoms with van der Waals surface area (Å²) in [6.45, 7) is 1.76. The molecule has 1 aromatic carbocycles. The zero-order valence-corrected chi connectivity index (χ0v) is 9.96. The Labute approximate surface area is 103 Å². The number of benzene rings is 1. The Hall–Kier alpha value is -1.26. The van der Waals surface area contributed by atoms with Crippen LogP contribution in [0.3, 0.4) is 0 Å². The predicted octanol–water partition coefficient (Wildman–Crippen LogP) is 3.77. The normalized spacial score (nSPS) is 12.4. The summed E-state index contributed by atoms with van der Waals surface area (Å²) in [4.78, 5) is 0. The van der Waals surface area contributed by atoms with Gasteiger partial charge in [-0.1, -0.05) is 28.8 Å². The van der Waals surface area contributed by atoms with E-state index in [0.717, 1.165) is 0 Å². The lowest BCUT2D eigenvalue weighted by atomic mass is 10.3. The first-order chi connectivity index (χ1) is 7.66. The van der Waals surface area contributed by atoms with Crippen molar-refractivity contribution in [2.45, 2.75) is 12.3 Å². The standard InChI is InChI=1S/C10H9Cl2N3O/c1-6(11)9-14-15-10(16-9)13-8-5-3-2-4-7(8)12/h2-6H,1H3,(H,13,15). The molecule has 1 N–H and O–H groups in total. The van der Waals surface area contributed by atoms with Crippen LogP contribution in [0.4, 0.5) is 11.7 Å². The molecular formula is C10H9Cl2N3O. The maximum absolute atomic E-state index is 5.97. The van der Waals surface area contributed by atoms with Crippen LogP contribution >= 0.6 is 23.2 Å². The van der Waals surface area contributed by atoms with Crippen molar-refractivity contribution in [1.82, 2.24) is 10.2 Å². The van der Waals surface area contributed by atoms with Gasteiger partial charge in [0.05, 0.1) is 10.7 Å². The SMILES string of the molecule is CC(Cl)c1nnc(Nc2ccccc2Cl)o1. The highest BCUT2D eigenvalue weighted by Gasteiger charge is 2.11. The van der Waals surface area contributed by atoms with Crippen LogP contribution in [0.2, 0.25) is 5.02 Å². The molecule has 1 unspecified atom stereocenters. The van der Waals surface area contributed by atoms with Crippen LogP contribution in [0.25, 0.3) is 0 Å². The van der Waals surface area contributed by atoms with Crippen LogP contribution in [0, 0.1) is 0 Å². The number of hydrogen-bond acceptors (Lipinski definition) is 4. The molecule has 0 aliphatic heterocycles. The third kappa shape index (κ3) is 2.46. The first-order valence-electron chi connectivity index (χ1n) is 4.66. The number of para-hydroxylation sites is 1. The summed E-state index contributed by atoms with van der Waals surface area (Å²) in [5, 5.41) is 10.8. The third-order valence-corrected chi connectivity index (χ3v) is 2.41. The van der Waals surface area contributed by atoms with Gasteiger partial charge >= 0.3 is 6.01 Å². The topological polar surface area (TPSA) is 51.0 Å². The number of rotatable bonds is 3. The average molecular weight is 258 g/mol. The van der Waals surface area contributed by atoms with Crippen LogP contribution in [0.1, 0.15) is 18.2 Å². The molecular weight excluding hydrogens is 249 g/mol. The lowest BCUT2D eigenvalue weighted by molar-refractivity contribution is 0.510. The minimum Gasteiger partial charge on any atom is -0.406 e. The van der Waals surface area contributed by atoms with Crippen molar-refractivity contribution in [2.24, 2.45) is 0 Å². The Morgan fingerprint density at radius 1 is 1.31 bits per heavy atom. The molecule has 84 valence electrons. The molecule has 0 aliphatic rings. The first-order valence-corrected chi connectivity index (χ1v) is 5.47. The molecule has 1 atom stereocenters. The van der Waals surface area contributed by atoms with Crippen molar-refractivity contribution >= 4 is 34.9 Å². The molecule has 0 saturated carbocycles. The van der Waals surface area contributed by atoms with E-state index in [1.807, 2.05) is 18.2 Å². The zero-order chi connectivity index (χ0) is 11.5. The van der Waals surface area contributed by atoms with E-state index < -0.39 is 0 Å². The number of hydrogen-bond donors (Lipinski definition) is 1. The molecule has 2 rings (SSSR count). The Kier molecular flexibility index (Phi) is 3.31. The maximum atomic E-state index is 5.97. The minimum absolute atomic E-state index is 0.274. The van der Waals surface area contributed by atoms with Gasteiger partial charge in [0.2, 0.25) is 5.89 Å². The van der Waals surface area contributed by atoms with Crippen molar-refractivity contribution in [3.8, 4) is 0 Å². The molecule has 0 radical (unpaired) electrons. The summed E-state index contributed by atoms with van der Waals surface area (Å²) in [7, 11) is 0. The van der Waals surface area contributed by atoms with E-state index in [1.54, 1.807) is 13.0 Å². The summed E-state index contributed by atoms with van der Waals surface area (Å²) >= 11 is 11.8. The largest absolute Gasteiger partial charge is 0.406 e. The summed E-state index contributed by atoms with van der Waals surface area (Å²) in [5.74, 6) is 0.372. The van der Waals surface area contributed by atoms with E-state index in [-0.39, 0.29) is 11.4 Å². The number of anilines is 2. The fourth-order valence-electron chi connectivity index (χ4n) is 1.12. The van der Waals surface area contributed by atoms with Crippen LogP contribution in [-0.4, -0.2) is 10.2 Å². The van der Waals surface area contributed by atoms with Crippen molar-refractivity contribution in [2.75, 3.05) is 5.32 Å². The number of nitrogens with one attached hydrogen (secondary N) is 1. The lowest BCUT2D eigenvalue weighted by Gasteiger charge is -2.02. The van der Waals surface area contributed by atoms with Gasteiger partial charge < -0.3 is 9.73 Å². The van der Waals surface area contributed by atoms with Gasteiger partial charge in [0.15, 0.2) is 0 Å². The Morgan fingerprint density at radius 3 is 2.69 bits per heavy atom. The Morgan fingerprint density at radius 2 is 2.06 bits per heavy atom. The van der Waals surface area contributed by atoms with Gasteiger partial charge in [-0.15, -0.1) is 16.7 Å². The average Bonchev–Trinajstić information content (AvgIpc) is 2.70. The molecule has 6 heteroatoms. The maximum Gasteiger partial charge on any atom is 0.320 e. The molecule has 0 aliphatic carbocycles. The van der Waals surface area contributed by atoms with Gasteiger partial charge in [0.25, 0.3) is 0 Å². The van der Waals surface area contributed by atoms with E-state index in [1.165, 1.54) is 0 Å². The van der Waals surface area contributed by atoms with Crippen LogP contribution in [-0.2, 0) is 0 Å². The van der Waals surface area contributed by atoms with E-state index in [4.69, 9.17) is 27.6 Å². The minimum atomic E-state index is -0.311. The van der Waals surface area contributed by atoms with E-state index >= 15 is 0 Å². The van der Waals surface area contributed by atoms with Crippen molar-refractivity contribution in [1.29, 1.82) is 0 Å². The summed E-state index contributed by atoms with van der Waals surface area (Å²) in [5.41, 5.74) is 0.710. The van der Waals surface area contributed by atoms with E-state index in [2.05, 4.69) is 15.5 Å². The molecule has 4 nitrogen and oxygen atoms in total. The predicted molar refractivity (Wildman–Crippen MR) is 63.3 cm³/mol. The monoisotopic (exact) mass is 257 g/mol. The number of alkyl halides is 1. The molecule has 1 aromatic heterocycles. The lowest BCUT2D eigenvalue weighted by Crippen LogP contribution is -1.90. The highest BCUT2D eigenvalue weighted by Crippen LogP contribution is 2.25. The first kappa shape index (κ1) is 11.2. The number of nitrogens with zero attached hydrogens (tertiary/aromatic N) is 2. The second-order valence-corrected chi connectivity index (χ2v) is 4.23. The highest BCUT2D eigenvalue weighted by atomic mass is 35.5. The van der Waals surface area contributed by atoms with Gasteiger partial charge in [0.1, 0.15) is 5.38 Å². The van der Waals surface area contributed by atoms with Crippen molar-refractivity contribution < 1.29 is 4.42 Å². The molecule has 2 aromatic rings. The van der Waals surface area contributed by atoms with Gasteiger partial charge in [-0.25, -0.2) is 0 Å². The quantitative estimate of drug-likeness (QED) is 0.851. The van der Waals surface area contributed by atoms with Gasteiger partial charge in [-0.2, -0.15) is 0 Å². The van der Waals surface area contributed by atoms with Crippen LogP contribution in [0.15, 0.2) is 28.7 Å². The Bertz CT molecular complexity index is 484. The summed E-state index contributed by atoms with van der Waals surface area (Å²) in [6.07, 6.45) is 0. The fraction of sp³-hybridized carbons (Fsp3) is 0.200. The fourth-order valence-corrected chi connectivity index (χ4v) is 1.39. The highest BCUT2D eigenvalue weighted by molar-refractivity contribution is 6.33. The molecule has 0 saturated heterocycles. The smallest absolute Gasteiger partial charge is 0.320 e. The van der Waals surface area contributed by atoms with Gasteiger partial charge in [-0.05, 0) is 19.1 Å². The van der Waals surface area contributed by atoms with Crippen LogP contribution < -0.4 is 5.32 Å². The molecule has 1 heterocycles. The van der Waals surface area contributed by atoms with Crippen LogP contribution in [0.5, 0.6) is 0 Å². The zero-order valence-electron chi connectivity index (χ0n) is 8.45. The molecule has 0 bridgehead atoms. The molecule has 16 heavy (non-hydrogen) atoms. The Balaban J connectivity index is 2.18. The second-order valence-electron chi connectivity index (χ2n) is 3.17. The van der Waals surface area contributed by atoms with E-state index in [9.17, 15) is 0 Å². The second kappa shape index (κ2) is 4.72.